The predicted molar refractivity (Wildman–Crippen MR) is 106 cm³/mol. The molecule has 1 aromatic carbocycles. The van der Waals surface area contributed by atoms with Gasteiger partial charge >= 0.3 is 6.61 Å². The van der Waals surface area contributed by atoms with Gasteiger partial charge in [0.05, 0.1) is 5.75 Å². The van der Waals surface area contributed by atoms with Gasteiger partial charge in [0.2, 0.25) is 0 Å². The molecule has 2 N–H and O–H groups in total. The van der Waals surface area contributed by atoms with Crippen LogP contribution in [0.4, 0.5) is 8.78 Å². The van der Waals surface area contributed by atoms with E-state index in [1.807, 2.05) is 6.92 Å². The molecular formula is C15H24F2IN3O3S. The molecule has 0 aromatic heterocycles. The van der Waals surface area contributed by atoms with Gasteiger partial charge in [-0.2, -0.15) is 8.78 Å². The molecule has 0 aliphatic rings. The first-order chi connectivity index (χ1) is 11.3. The van der Waals surface area contributed by atoms with Gasteiger partial charge in [-0.3, -0.25) is 4.99 Å². The molecule has 0 atom stereocenters. The predicted octanol–water partition coefficient (Wildman–Crippen LogP) is 2.31. The molecule has 1 aromatic rings. The summed E-state index contributed by atoms with van der Waals surface area (Å²) in [5.41, 5.74) is 1.46. The second-order valence-corrected chi connectivity index (χ2v) is 7.55. The molecule has 0 unspecified atom stereocenters. The molecule has 6 nitrogen and oxygen atoms in total. The van der Waals surface area contributed by atoms with E-state index < -0.39 is 16.4 Å². The summed E-state index contributed by atoms with van der Waals surface area (Å²) in [5.74, 6) is 0.546. The summed E-state index contributed by atoms with van der Waals surface area (Å²) in [5, 5.41) is 5.83. The lowest BCUT2D eigenvalue weighted by atomic mass is 10.1. The number of hydrogen-bond donors (Lipinski definition) is 2. The Morgan fingerprint density at radius 1 is 1.32 bits per heavy atom. The van der Waals surface area contributed by atoms with E-state index in [2.05, 4.69) is 20.4 Å². The zero-order valence-corrected chi connectivity index (χ0v) is 17.5. The monoisotopic (exact) mass is 491 g/mol. The third-order valence-electron chi connectivity index (χ3n) is 3.25. The molecule has 0 fully saturated rings. The van der Waals surface area contributed by atoms with Gasteiger partial charge in [0, 0.05) is 31.5 Å². The summed E-state index contributed by atoms with van der Waals surface area (Å²) in [7, 11) is -1.53. The van der Waals surface area contributed by atoms with E-state index in [-0.39, 0.29) is 54.3 Å². The minimum Gasteiger partial charge on any atom is -0.434 e. The highest BCUT2D eigenvalue weighted by molar-refractivity contribution is 14.0. The molecule has 0 spiro atoms. The lowest BCUT2D eigenvalue weighted by Crippen LogP contribution is -2.39. The third-order valence-corrected chi connectivity index (χ3v) is 4.95. The molecule has 10 heteroatoms. The van der Waals surface area contributed by atoms with Gasteiger partial charge in [0.15, 0.2) is 15.8 Å². The normalized spacial score (nSPS) is 11.8. The van der Waals surface area contributed by atoms with Crippen molar-refractivity contribution in [1.29, 1.82) is 0 Å². The maximum absolute atomic E-state index is 12.4. The first kappa shape index (κ1) is 23.8. The van der Waals surface area contributed by atoms with Crippen molar-refractivity contribution in [3.63, 3.8) is 0 Å². The van der Waals surface area contributed by atoms with Gasteiger partial charge in [-0.15, -0.1) is 24.0 Å². The Morgan fingerprint density at radius 3 is 2.56 bits per heavy atom. The number of alkyl halides is 2. The fourth-order valence-corrected chi connectivity index (χ4v) is 2.63. The number of benzene rings is 1. The van der Waals surface area contributed by atoms with Crippen molar-refractivity contribution in [1.82, 2.24) is 10.6 Å². The molecule has 0 bridgehead atoms. The van der Waals surface area contributed by atoms with E-state index >= 15 is 0 Å². The van der Waals surface area contributed by atoms with E-state index in [4.69, 9.17) is 0 Å². The van der Waals surface area contributed by atoms with Crippen molar-refractivity contribution in [3.8, 4) is 5.75 Å². The highest BCUT2D eigenvalue weighted by Crippen LogP contribution is 2.21. The van der Waals surface area contributed by atoms with Crippen molar-refractivity contribution in [2.45, 2.75) is 27.0 Å². The molecule has 25 heavy (non-hydrogen) atoms. The summed E-state index contributed by atoms with van der Waals surface area (Å²) < 4.78 is 52.3. The van der Waals surface area contributed by atoms with Crippen LogP contribution in [0.3, 0.4) is 0 Å². The third kappa shape index (κ3) is 9.19. The van der Waals surface area contributed by atoms with Gasteiger partial charge in [-0.25, -0.2) is 8.42 Å². The van der Waals surface area contributed by atoms with Crippen molar-refractivity contribution in [2.75, 3.05) is 25.1 Å². The standard InChI is InChI=1S/C15H23F2N3O3S.HI/c1-4-24(21,22)8-7-19-15(18-3)20-10-12-9-11(2)5-6-13(12)23-14(16)17;/h5-6,9,14H,4,7-8,10H2,1-3H3,(H2,18,19,20);1H. The average molecular weight is 491 g/mol. The highest BCUT2D eigenvalue weighted by atomic mass is 127. The van der Waals surface area contributed by atoms with Gasteiger partial charge in [-0.05, 0) is 13.0 Å². The van der Waals surface area contributed by atoms with Crippen LogP contribution in [0.1, 0.15) is 18.1 Å². The van der Waals surface area contributed by atoms with Crippen LogP contribution < -0.4 is 15.4 Å². The number of guanidine groups is 1. The number of nitrogens with zero attached hydrogens (tertiary/aromatic N) is 1. The first-order valence-electron chi connectivity index (χ1n) is 7.46. The Labute approximate surface area is 164 Å². The number of rotatable bonds is 8. The van der Waals surface area contributed by atoms with Crippen LogP contribution in [-0.2, 0) is 16.4 Å². The lowest BCUT2D eigenvalue weighted by Gasteiger charge is -2.15. The smallest absolute Gasteiger partial charge is 0.387 e. The SMILES string of the molecule is CCS(=O)(=O)CCNC(=NC)NCc1cc(C)ccc1OC(F)F.I. The number of halogens is 3. The second kappa shape index (κ2) is 11.4. The number of sulfone groups is 1. The van der Waals surface area contributed by atoms with Crippen molar-refractivity contribution in [3.05, 3.63) is 29.3 Å². The number of aliphatic imine (C=N–C) groups is 1. The van der Waals surface area contributed by atoms with Crippen LogP contribution >= 0.6 is 24.0 Å². The van der Waals surface area contributed by atoms with Crippen LogP contribution in [0.25, 0.3) is 0 Å². The van der Waals surface area contributed by atoms with Crippen LogP contribution in [0.5, 0.6) is 5.75 Å². The van der Waals surface area contributed by atoms with Crippen molar-refractivity contribution in [2.24, 2.45) is 4.99 Å². The summed E-state index contributed by atoms with van der Waals surface area (Å²) in [4.78, 5) is 3.97. The fraction of sp³-hybridized carbons (Fsp3) is 0.533. The number of nitrogens with one attached hydrogen (secondary N) is 2. The fourth-order valence-electron chi connectivity index (χ4n) is 1.93. The van der Waals surface area contributed by atoms with Crippen molar-refractivity contribution < 1.29 is 21.9 Å². The summed E-state index contributed by atoms with van der Waals surface area (Å²) in [6.45, 7) is 0.958. The van der Waals surface area contributed by atoms with Gasteiger partial charge < -0.3 is 15.4 Å². The molecule has 0 aliphatic carbocycles. The van der Waals surface area contributed by atoms with Crippen LogP contribution in [0.15, 0.2) is 23.2 Å². The summed E-state index contributed by atoms with van der Waals surface area (Å²) in [6.07, 6.45) is 0. The number of hydrogen-bond acceptors (Lipinski definition) is 4. The molecule has 0 amide bonds. The Morgan fingerprint density at radius 2 is 2.00 bits per heavy atom. The quantitative estimate of drug-likeness (QED) is 0.332. The zero-order chi connectivity index (χ0) is 18.2. The molecule has 0 saturated heterocycles. The van der Waals surface area contributed by atoms with Gasteiger partial charge in [0.25, 0.3) is 0 Å². The second-order valence-electron chi connectivity index (χ2n) is 5.08. The van der Waals surface area contributed by atoms with Crippen LogP contribution in [-0.4, -0.2) is 46.1 Å². The van der Waals surface area contributed by atoms with Crippen LogP contribution in [0, 0.1) is 6.92 Å². The largest absolute Gasteiger partial charge is 0.434 e. The Bertz CT molecular complexity index is 670. The lowest BCUT2D eigenvalue weighted by molar-refractivity contribution is -0.0504. The van der Waals surface area contributed by atoms with Gasteiger partial charge in [0.1, 0.15) is 5.75 Å². The minimum absolute atomic E-state index is 0. The molecular weight excluding hydrogens is 467 g/mol. The molecule has 0 saturated carbocycles. The molecule has 0 aliphatic heterocycles. The van der Waals surface area contributed by atoms with E-state index in [0.717, 1.165) is 5.56 Å². The zero-order valence-electron chi connectivity index (χ0n) is 14.4. The molecule has 0 heterocycles. The molecule has 144 valence electrons. The maximum atomic E-state index is 12.4. The van der Waals surface area contributed by atoms with Crippen molar-refractivity contribution >= 4 is 39.8 Å². The summed E-state index contributed by atoms with van der Waals surface area (Å²) in [6, 6.07) is 4.91. The van der Waals surface area contributed by atoms with Crippen LogP contribution in [0.2, 0.25) is 0 Å². The van der Waals surface area contributed by atoms with E-state index in [1.165, 1.54) is 13.1 Å². The Hall–Kier alpha value is -1.17. The first-order valence-corrected chi connectivity index (χ1v) is 9.28. The maximum Gasteiger partial charge on any atom is 0.387 e. The summed E-state index contributed by atoms with van der Waals surface area (Å²) >= 11 is 0. The number of ether oxygens (including phenoxy) is 1. The average Bonchev–Trinajstić information content (AvgIpc) is 2.52. The molecule has 0 radical (unpaired) electrons. The van der Waals surface area contributed by atoms with E-state index in [0.29, 0.717) is 11.5 Å². The molecule has 1 rings (SSSR count). The van der Waals surface area contributed by atoms with E-state index in [1.54, 1.807) is 19.1 Å². The van der Waals surface area contributed by atoms with E-state index in [9.17, 15) is 17.2 Å². The highest BCUT2D eigenvalue weighted by Gasteiger charge is 2.11. The Balaban J connectivity index is 0.00000576. The minimum atomic E-state index is -3.06. The topological polar surface area (TPSA) is 79.8 Å². The number of aryl methyl sites for hydroxylation is 1. The van der Waals surface area contributed by atoms with Gasteiger partial charge in [-0.1, -0.05) is 24.6 Å². The Kier molecular flexibility index (Phi) is 10.9.